The number of oxime groups is 1. The molecule has 6 unspecified atom stereocenters. The van der Waals surface area contributed by atoms with Crippen molar-refractivity contribution in [2.45, 2.75) is 72.8 Å². The van der Waals surface area contributed by atoms with E-state index in [1.165, 1.54) is 19.4 Å². The molecule has 2 rings (SSSR count). The minimum absolute atomic E-state index is 0.119. The lowest BCUT2D eigenvalue weighted by Crippen LogP contribution is -2.38. The van der Waals surface area contributed by atoms with Gasteiger partial charge in [-0.15, -0.1) is 0 Å². The zero-order valence-corrected chi connectivity index (χ0v) is 15.2. The zero-order valence-electron chi connectivity index (χ0n) is 15.2. The first kappa shape index (κ1) is 17.7. The first-order valence-corrected chi connectivity index (χ1v) is 9.01. The minimum atomic E-state index is -0.119. The van der Waals surface area contributed by atoms with Gasteiger partial charge in [-0.1, -0.05) is 32.9 Å². The molecule has 2 fully saturated rings. The quantitative estimate of drug-likeness (QED) is 0.426. The van der Waals surface area contributed by atoms with Crippen molar-refractivity contribution in [3.63, 3.8) is 0 Å². The summed E-state index contributed by atoms with van der Waals surface area (Å²) in [6.07, 6.45) is 4.30. The van der Waals surface area contributed by atoms with Gasteiger partial charge in [-0.05, 0) is 56.9 Å². The van der Waals surface area contributed by atoms with E-state index in [0.29, 0.717) is 23.8 Å². The smallest absolute Gasteiger partial charge is 0.254 e. The molecule has 0 aromatic heterocycles. The van der Waals surface area contributed by atoms with Gasteiger partial charge in [0, 0.05) is 18.8 Å². The highest BCUT2D eigenvalue weighted by Gasteiger charge is 2.52. The largest absolute Gasteiger partial charge is 0.361 e. The van der Waals surface area contributed by atoms with E-state index in [-0.39, 0.29) is 12.4 Å². The highest BCUT2D eigenvalue weighted by Crippen LogP contribution is 2.43. The van der Waals surface area contributed by atoms with Crippen LogP contribution in [0.4, 0.5) is 0 Å². The molecule has 6 atom stereocenters. The van der Waals surface area contributed by atoms with Crippen molar-refractivity contribution in [1.82, 2.24) is 4.90 Å². The predicted molar refractivity (Wildman–Crippen MR) is 90.8 cm³/mol. The number of epoxide rings is 1. The second kappa shape index (κ2) is 7.78. The van der Waals surface area contributed by atoms with Crippen molar-refractivity contribution in [3.8, 4) is 0 Å². The first-order chi connectivity index (χ1) is 10.5. The first-order valence-electron chi connectivity index (χ1n) is 9.01. The second-order valence-corrected chi connectivity index (χ2v) is 7.53. The SMILES string of the molecule is CC=NOC1OC1C1CC(C)C(C)N(CC)CC1CC(C)C. The van der Waals surface area contributed by atoms with E-state index in [4.69, 9.17) is 9.57 Å². The Balaban J connectivity index is 2.09. The molecular weight excluding hydrogens is 276 g/mol. The number of hydrogen-bond acceptors (Lipinski definition) is 4. The van der Waals surface area contributed by atoms with Gasteiger partial charge >= 0.3 is 0 Å². The molecule has 0 aliphatic carbocycles. The summed E-state index contributed by atoms with van der Waals surface area (Å²) in [4.78, 5) is 8.06. The predicted octanol–water partition coefficient (Wildman–Crippen LogP) is 3.76. The molecule has 2 aliphatic heterocycles. The van der Waals surface area contributed by atoms with Crippen LogP contribution >= 0.6 is 0 Å². The maximum atomic E-state index is 5.82. The van der Waals surface area contributed by atoms with Crippen molar-refractivity contribution < 1.29 is 9.57 Å². The number of ether oxygens (including phenoxy) is 1. The molecule has 0 saturated carbocycles. The van der Waals surface area contributed by atoms with Gasteiger partial charge < -0.3 is 14.5 Å². The van der Waals surface area contributed by atoms with Gasteiger partial charge in [-0.25, -0.2) is 0 Å². The van der Waals surface area contributed by atoms with Gasteiger partial charge in [-0.3, -0.25) is 0 Å². The standard InChI is InChI=1S/C18H34N2O2/c1-7-19-22-18-17(21-18)16-10-13(5)14(6)20(8-2)11-15(16)9-12(3)4/h7,12-18H,8-11H2,1-6H3. The molecule has 0 N–H and O–H groups in total. The Kier molecular flexibility index (Phi) is 6.27. The van der Waals surface area contributed by atoms with Gasteiger partial charge in [0.15, 0.2) is 0 Å². The number of nitrogens with zero attached hydrogens (tertiary/aromatic N) is 2. The summed E-state index contributed by atoms with van der Waals surface area (Å²) >= 11 is 0. The van der Waals surface area contributed by atoms with E-state index in [0.717, 1.165) is 12.5 Å². The molecule has 2 heterocycles. The van der Waals surface area contributed by atoms with Crippen LogP contribution in [0.25, 0.3) is 0 Å². The van der Waals surface area contributed by atoms with Crippen LogP contribution in [0.15, 0.2) is 5.16 Å². The molecule has 2 aliphatic rings. The summed E-state index contributed by atoms with van der Waals surface area (Å²) in [6.45, 7) is 15.9. The molecule has 2 saturated heterocycles. The van der Waals surface area contributed by atoms with Crippen molar-refractivity contribution in [3.05, 3.63) is 0 Å². The summed E-state index contributed by atoms with van der Waals surface area (Å²) in [5.74, 6) is 2.70. The average molecular weight is 310 g/mol. The van der Waals surface area contributed by atoms with Crippen LogP contribution in [0.5, 0.6) is 0 Å². The second-order valence-electron chi connectivity index (χ2n) is 7.53. The van der Waals surface area contributed by atoms with Crippen molar-refractivity contribution in [1.29, 1.82) is 0 Å². The van der Waals surface area contributed by atoms with E-state index in [2.05, 4.69) is 44.7 Å². The fourth-order valence-electron chi connectivity index (χ4n) is 4.07. The summed E-state index contributed by atoms with van der Waals surface area (Å²) in [5.41, 5.74) is 0. The number of likely N-dealkylation sites (tertiary alicyclic amines) is 1. The monoisotopic (exact) mass is 310 g/mol. The molecule has 0 spiro atoms. The third kappa shape index (κ3) is 4.23. The molecule has 0 bridgehead atoms. The fourth-order valence-corrected chi connectivity index (χ4v) is 4.07. The molecule has 4 nitrogen and oxygen atoms in total. The average Bonchev–Trinajstić information content (AvgIpc) is 3.25. The Bertz CT molecular complexity index is 372. The van der Waals surface area contributed by atoms with Crippen LogP contribution < -0.4 is 0 Å². The van der Waals surface area contributed by atoms with Crippen molar-refractivity contribution in [2.75, 3.05) is 13.1 Å². The van der Waals surface area contributed by atoms with E-state index in [9.17, 15) is 0 Å². The minimum Gasteiger partial charge on any atom is -0.361 e. The van der Waals surface area contributed by atoms with Crippen molar-refractivity contribution >= 4 is 6.21 Å². The molecular formula is C18H34N2O2. The van der Waals surface area contributed by atoms with Crippen LogP contribution in [0, 0.1) is 23.7 Å². The molecule has 0 aromatic carbocycles. The van der Waals surface area contributed by atoms with E-state index in [1.807, 2.05) is 6.92 Å². The van der Waals surface area contributed by atoms with Crippen molar-refractivity contribution in [2.24, 2.45) is 28.8 Å². The maximum Gasteiger partial charge on any atom is 0.254 e. The Morgan fingerprint density at radius 3 is 2.68 bits per heavy atom. The lowest BCUT2D eigenvalue weighted by atomic mass is 9.79. The molecule has 128 valence electrons. The molecule has 0 amide bonds. The maximum absolute atomic E-state index is 5.82. The van der Waals surface area contributed by atoms with E-state index >= 15 is 0 Å². The lowest BCUT2D eigenvalue weighted by Gasteiger charge is -2.31. The number of hydrogen-bond donors (Lipinski definition) is 0. The van der Waals surface area contributed by atoms with E-state index < -0.39 is 0 Å². The highest BCUT2D eigenvalue weighted by molar-refractivity contribution is 5.52. The van der Waals surface area contributed by atoms with Crippen LogP contribution in [0.1, 0.15) is 54.4 Å². The van der Waals surface area contributed by atoms with Gasteiger partial charge in [0.25, 0.3) is 6.29 Å². The summed E-state index contributed by atoms with van der Waals surface area (Å²) in [7, 11) is 0. The van der Waals surface area contributed by atoms with Gasteiger partial charge in [0.1, 0.15) is 6.10 Å². The van der Waals surface area contributed by atoms with Crippen LogP contribution in [0.2, 0.25) is 0 Å². The third-order valence-corrected chi connectivity index (χ3v) is 5.47. The third-order valence-electron chi connectivity index (χ3n) is 5.47. The normalized spacial score (nSPS) is 40.1. The van der Waals surface area contributed by atoms with Gasteiger partial charge in [-0.2, -0.15) is 0 Å². The lowest BCUT2D eigenvalue weighted by molar-refractivity contribution is 0.0564. The number of rotatable bonds is 6. The summed E-state index contributed by atoms with van der Waals surface area (Å²) in [5, 5.41) is 3.89. The Labute approximate surface area is 136 Å². The molecule has 0 radical (unpaired) electrons. The Morgan fingerprint density at radius 2 is 2.09 bits per heavy atom. The molecule has 4 heteroatoms. The Morgan fingerprint density at radius 1 is 1.36 bits per heavy atom. The van der Waals surface area contributed by atoms with Gasteiger partial charge in [0.2, 0.25) is 0 Å². The summed E-state index contributed by atoms with van der Waals surface area (Å²) < 4.78 is 5.82. The van der Waals surface area contributed by atoms with E-state index in [1.54, 1.807) is 6.21 Å². The fraction of sp³-hybridized carbons (Fsp3) is 0.944. The van der Waals surface area contributed by atoms with Crippen LogP contribution in [0.3, 0.4) is 0 Å². The van der Waals surface area contributed by atoms with Crippen LogP contribution in [-0.4, -0.2) is 42.6 Å². The topological polar surface area (TPSA) is 37.4 Å². The Hall–Kier alpha value is -0.610. The molecule has 0 aromatic rings. The zero-order chi connectivity index (χ0) is 16.3. The van der Waals surface area contributed by atoms with Gasteiger partial charge in [0.05, 0.1) is 0 Å². The summed E-state index contributed by atoms with van der Waals surface area (Å²) in [6, 6.07) is 0.649. The molecule has 22 heavy (non-hydrogen) atoms. The highest BCUT2D eigenvalue weighted by atomic mass is 16.8. The van der Waals surface area contributed by atoms with Crippen LogP contribution in [-0.2, 0) is 9.57 Å².